The molecule has 0 N–H and O–H groups in total. The molecule has 9 heteroatoms. The van der Waals surface area contributed by atoms with E-state index in [4.69, 9.17) is 0 Å². The van der Waals surface area contributed by atoms with Gasteiger partial charge in [-0.2, -0.15) is 0 Å². The second-order valence-corrected chi connectivity index (χ2v) is 28.3. The van der Waals surface area contributed by atoms with E-state index in [0.717, 1.165) is 33.2 Å². The third-order valence-electron chi connectivity index (χ3n) is 11.1. The van der Waals surface area contributed by atoms with Crippen molar-refractivity contribution in [2.24, 2.45) is 0 Å². The molecular weight excluding hydrogens is 952 g/mol. The van der Waals surface area contributed by atoms with Crippen LogP contribution in [0.3, 0.4) is 0 Å². The van der Waals surface area contributed by atoms with Gasteiger partial charge in [0.15, 0.2) is 0 Å². The molecule has 0 spiro atoms. The van der Waals surface area contributed by atoms with Gasteiger partial charge in [0.1, 0.15) is 0 Å². The van der Waals surface area contributed by atoms with E-state index >= 15 is 0 Å². The van der Waals surface area contributed by atoms with Gasteiger partial charge in [0.05, 0.1) is 0 Å². The summed E-state index contributed by atoms with van der Waals surface area (Å²) in [7, 11) is 0. The largest absolute Gasteiger partial charge is 0.147 e. The zero-order chi connectivity index (χ0) is 41.6. The Labute approximate surface area is 361 Å². The molecule has 0 heterocycles. The van der Waals surface area contributed by atoms with Gasteiger partial charge in [-0.05, 0) is 0 Å². The molecule has 0 bridgehead atoms. The second kappa shape index (κ2) is 16.3. The zero-order valence-corrected chi connectivity index (χ0v) is 40.8. The molecule has 0 radical (unpaired) electrons. The summed E-state index contributed by atoms with van der Waals surface area (Å²) in [4.78, 5) is 0. The quantitative estimate of drug-likeness (QED) is 0.124. The molecule has 0 saturated heterocycles. The fourth-order valence-electron chi connectivity index (χ4n) is 8.50. The van der Waals surface area contributed by atoms with Crippen molar-refractivity contribution in [1.82, 2.24) is 0 Å². The van der Waals surface area contributed by atoms with Crippen LogP contribution in [-0.2, 0) is 61.4 Å². The van der Waals surface area contributed by atoms with Gasteiger partial charge in [-0.15, -0.1) is 24.8 Å². The normalized spacial score (nSPS) is 14.3. The third kappa shape index (κ3) is 9.42. The van der Waals surface area contributed by atoms with Crippen LogP contribution in [0, 0.1) is 0 Å². The Bertz CT molecular complexity index is 2250. The average Bonchev–Trinajstić information content (AvgIpc) is 3.72. The zero-order valence-electron chi connectivity index (χ0n) is 35.6. The van der Waals surface area contributed by atoms with Crippen molar-refractivity contribution >= 4 is 31.4 Å². The second-order valence-electron chi connectivity index (χ2n) is 19.7. The molecule has 0 fully saturated rings. The van der Waals surface area contributed by atoms with Crippen molar-refractivity contribution < 1.29 is 47.3 Å². The van der Waals surface area contributed by atoms with Crippen molar-refractivity contribution in [1.29, 1.82) is 0 Å². The van der Waals surface area contributed by atoms with Crippen molar-refractivity contribution in [2.45, 2.75) is 130 Å². The van der Waals surface area contributed by atoms with Crippen molar-refractivity contribution in [3.63, 3.8) is 0 Å². The smallest absolute Gasteiger partial charge is 0.147 e. The van der Waals surface area contributed by atoms with E-state index in [0.29, 0.717) is 27.2 Å². The molecular formula is C49H56Cl2F6Hf. The Morgan fingerprint density at radius 1 is 0.552 bits per heavy atom. The maximum Gasteiger partial charge on any atom is -0.147 e. The topological polar surface area (TPSA) is 0 Å². The van der Waals surface area contributed by atoms with Crippen LogP contribution in [0.15, 0.2) is 88.3 Å². The van der Waals surface area contributed by atoms with E-state index in [-0.39, 0.29) is 41.1 Å². The van der Waals surface area contributed by atoms with E-state index < -0.39 is 49.8 Å². The summed E-state index contributed by atoms with van der Waals surface area (Å²) in [5.74, 6) is 0. The minimum absolute atomic E-state index is 0. The van der Waals surface area contributed by atoms with Crippen LogP contribution in [0.2, 0.25) is 0 Å². The third-order valence-corrected chi connectivity index (χ3v) is 22.3. The molecule has 0 aliphatic heterocycles. The van der Waals surface area contributed by atoms with E-state index in [1.807, 2.05) is 6.08 Å². The molecule has 6 rings (SSSR count). The number of alkyl halides is 6. The Balaban J connectivity index is 0.00000372. The van der Waals surface area contributed by atoms with Gasteiger partial charge in [-0.25, -0.2) is 0 Å². The molecule has 0 aromatic heterocycles. The van der Waals surface area contributed by atoms with Gasteiger partial charge in [0.25, 0.3) is 0 Å². The maximum atomic E-state index is 14.5. The first-order valence-corrected chi connectivity index (χ1v) is 24.8. The molecule has 4 aromatic carbocycles. The Morgan fingerprint density at radius 2 is 1.02 bits per heavy atom. The molecule has 312 valence electrons. The summed E-state index contributed by atoms with van der Waals surface area (Å²) >= 11 is -4.07. The first kappa shape index (κ1) is 47.9. The van der Waals surface area contributed by atoms with Crippen LogP contribution in [0.5, 0.6) is 0 Å². The summed E-state index contributed by atoms with van der Waals surface area (Å²) in [6.45, 7) is 26.7. The van der Waals surface area contributed by atoms with Gasteiger partial charge in [0, 0.05) is 0 Å². The Kier molecular flexibility index (Phi) is 13.4. The summed E-state index contributed by atoms with van der Waals surface area (Å²) in [5, 5.41) is 0. The van der Waals surface area contributed by atoms with Crippen LogP contribution < -0.4 is 3.32 Å². The molecule has 2 aliphatic carbocycles. The van der Waals surface area contributed by atoms with E-state index in [9.17, 15) is 26.3 Å². The Morgan fingerprint density at radius 3 is 1.43 bits per heavy atom. The van der Waals surface area contributed by atoms with Crippen molar-refractivity contribution in [2.75, 3.05) is 0 Å². The number of rotatable bonds is 4. The average molecular weight is 1010 g/mol. The first-order chi connectivity index (χ1) is 25.6. The summed E-state index contributed by atoms with van der Waals surface area (Å²) in [6.07, 6.45) is -1.83. The molecule has 0 nitrogen and oxygen atoms in total. The van der Waals surface area contributed by atoms with Gasteiger partial charge in [0.2, 0.25) is 0 Å². The van der Waals surface area contributed by atoms with Crippen LogP contribution in [0.1, 0.15) is 145 Å². The maximum absolute atomic E-state index is 14.5. The molecule has 2 aliphatic rings. The monoisotopic (exact) mass is 1010 g/mol. The molecule has 0 atom stereocenters. The molecule has 4 aromatic rings. The fourth-order valence-corrected chi connectivity index (χ4v) is 21.6. The number of allylic oxidation sites excluding steroid dienone is 4. The molecule has 0 saturated carbocycles. The van der Waals surface area contributed by atoms with Crippen LogP contribution >= 0.6 is 24.8 Å². The van der Waals surface area contributed by atoms with E-state index in [1.54, 1.807) is 12.1 Å². The predicted molar refractivity (Wildman–Crippen MR) is 232 cm³/mol. The standard InChI is InChI=1S/C29H41.C15H8F6.C5H5.2ClH.Hf/c1-26(2,3)22-14-18-13-19-15-23(27(4,5)6)25(29(10,11)12)17-21(19)20(18)16-24(22)28(7,8)9;16-14(17,18)12-5-1-3-10(8-12)7-11-4-2-6-13(9-11)15(19,20)21;1-2-4-5-3-1;;;/h14,16-17H,13H2,1-12H3;1-6,8-9H;1-3H,4H2;2*1H;. The number of fused-ring (bicyclic) bond motifs is 3. The summed E-state index contributed by atoms with van der Waals surface area (Å²) < 4.78 is 89.9. The van der Waals surface area contributed by atoms with Gasteiger partial charge in [-0.3, -0.25) is 0 Å². The summed E-state index contributed by atoms with van der Waals surface area (Å²) in [5.41, 5.74) is 7.68. The minimum atomic E-state index is -4.63. The van der Waals surface area contributed by atoms with Gasteiger partial charge < -0.3 is 0 Å². The van der Waals surface area contributed by atoms with E-state index in [1.165, 1.54) is 54.4 Å². The molecule has 0 unspecified atom stereocenters. The number of hydrogen-bond donors (Lipinski definition) is 0. The predicted octanol–water partition coefficient (Wildman–Crippen LogP) is 14.7. The number of halogens is 8. The fraction of sp³-hybridized carbons (Fsp3) is 0.408. The van der Waals surface area contributed by atoms with Gasteiger partial charge in [-0.1, -0.05) is 0 Å². The summed E-state index contributed by atoms with van der Waals surface area (Å²) in [6, 6.07) is 17.7. The van der Waals surface area contributed by atoms with Crippen LogP contribution in [-0.4, -0.2) is 3.26 Å². The van der Waals surface area contributed by atoms with Crippen LogP contribution in [0.4, 0.5) is 26.3 Å². The Hall–Kier alpha value is -2.74. The van der Waals surface area contributed by atoms with Crippen LogP contribution in [0.25, 0.3) is 11.1 Å². The number of hydrogen-bond acceptors (Lipinski definition) is 0. The SMILES string of the molecule is CC(C)(C)c1cc2c(cc1C(C)(C)C)-c1cc(C(C)(C)C)c(C(C)(C)C)[c]([Hf]([C]3=CC=CC3)=[C](c3cccc(C(F)(F)F)c3)c3cccc(C(F)(F)F)c3)c1C2.Cl.Cl. The van der Waals surface area contributed by atoms with E-state index in [2.05, 4.69) is 113 Å². The first-order valence-electron chi connectivity index (χ1n) is 19.4. The van der Waals surface area contributed by atoms with Gasteiger partial charge >= 0.3 is 339 Å². The number of benzene rings is 4. The van der Waals surface area contributed by atoms with Crippen molar-refractivity contribution in [3.8, 4) is 11.1 Å². The molecule has 58 heavy (non-hydrogen) atoms. The minimum Gasteiger partial charge on any atom is -0.147 e. The molecule has 0 amide bonds. The van der Waals surface area contributed by atoms with Crippen molar-refractivity contribution in [3.05, 3.63) is 144 Å².